The van der Waals surface area contributed by atoms with Crippen LogP contribution in [0.2, 0.25) is 0 Å². The van der Waals surface area contributed by atoms with Gasteiger partial charge in [-0.3, -0.25) is 10.1 Å². The highest BCUT2D eigenvalue weighted by Crippen LogP contribution is 2.19. The molecule has 2 rings (SSSR count). The Labute approximate surface area is 106 Å². The summed E-state index contributed by atoms with van der Waals surface area (Å²) in [7, 11) is 0. The number of pyridine rings is 1. The van der Waals surface area contributed by atoms with E-state index in [1.807, 2.05) is 24.3 Å². The molecule has 6 heteroatoms. The molecule has 0 aliphatic heterocycles. The lowest BCUT2D eigenvalue weighted by atomic mass is 10.3. The van der Waals surface area contributed by atoms with Crippen molar-refractivity contribution in [3.05, 3.63) is 57.2 Å². The van der Waals surface area contributed by atoms with E-state index < -0.39 is 4.92 Å². The molecule has 2 aromatic rings. The maximum absolute atomic E-state index is 10.4. The van der Waals surface area contributed by atoms with Crippen molar-refractivity contribution in [1.82, 2.24) is 4.98 Å². The normalized spacial score (nSPS) is 9.94. The lowest BCUT2D eigenvalue weighted by Gasteiger charge is -2.04. The Bertz CT molecular complexity index is 525. The Morgan fingerprint density at radius 3 is 2.41 bits per heavy atom. The standard InChI is InChI=1S/C11H8BrN3O2/c12-8-1-3-9(4-2-8)14-11-6-5-10(7-13-11)15(16)17/h1-7H,(H,13,14). The third-order valence-corrected chi connectivity index (χ3v) is 2.60. The largest absolute Gasteiger partial charge is 0.340 e. The minimum absolute atomic E-state index is 0.0219. The Kier molecular flexibility index (Phi) is 3.34. The first-order valence-corrected chi connectivity index (χ1v) is 5.57. The number of nitrogens with one attached hydrogen (secondary N) is 1. The molecule has 0 aliphatic carbocycles. The number of benzene rings is 1. The Hall–Kier alpha value is -1.95. The van der Waals surface area contributed by atoms with Crippen molar-refractivity contribution < 1.29 is 4.92 Å². The van der Waals surface area contributed by atoms with Gasteiger partial charge in [0.2, 0.25) is 0 Å². The fourth-order valence-corrected chi connectivity index (χ4v) is 1.51. The van der Waals surface area contributed by atoms with Crippen LogP contribution < -0.4 is 5.32 Å². The van der Waals surface area contributed by atoms with Crippen molar-refractivity contribution in [2.75, 3.05) is 5.32 Å². The average Bonchev–Trinajstić information content (AvgIpc) is 2.33. The van der Waals surface area contributed by atoms with Gasteiger partial charge in [-0.15, -0.1) is 0 Å². The van der Waals surface area contributed by atoms with Gasteiger partial charge in [0, 0.05) is 16.2 Å². The predicted molar refractivity (Wildman–Crippen MR) is 68.3 cm³/mol. The van der Waals surface area contributed by atoms with Crippen LogP contribution in [-0.4, -0.2) is 9.91 Å². The van der Waals surface area contributed by atoms with E-state index in [0.29, 0.717) is 5.82 Å². The SMILES string of the molecule is O=[N+]([O-])c1ccc(Nc2ccc(Br)cc2)nc1. The molecule has 1 heterocycles. The molecule has 17 heavy (non-hydrogen) atoms. The van der Waals surface area contributed by atoms with E-state index in [0.717, 1.165) is 10.2 Å². The van der Waals surface area contributed by atoms with Crippen molar-refractivity contribution in [1.29, 1.82) is 0 Å². The minimum atomic E-state index is -0.476. The zero-order chi connectivity index (χ0) is 12.3. The smallest absolute Gasteiger partial charge is 0.287 e. The van der Waals surface area contributed by atoms with Crippen LogP contribution >= 0.6 is 15.9 Å². The van der Waals surface area contributed by atoms with E-state index >= 15 is 0 Å². The lowest BCUT2D eigenvalue weighted by Crippen LogP contribution is -1.94. The molecule has 0 unspecified atom stereocenters. The summed E-state index contributed by atoms with van der Waals surface area (Å²) in [6, 6.07) is 10.5. The fraction of sp³-hybridized carbons (Fsp3) is 0. The van der Waals surface area contributed by atoms with Gasteiger partial charge >= 0.3 is 0 Å². The molecule has 0 spiro atoms. The quantitative estimate of drug-likeness (QED) is 0.695. The maximum Gasteiger partial charge on any atom is 0.287 e. The van der Waals surface area contributed by atoms with E-state index in [2.05, 4.69) is 26.2 Å². The van der Waals surface area contributed by atoms with Gasteiger partial charge in [0.1, 0.15) is 12.0 Å². The third kappa shape index (κ3) is 3.01. The average molecular weight is 294 g/mol. The van der Waals surface area contributed by atoms with Crippen LogP contribution in [0.25, 0.3) is 0 Å². The second-order valence-corrected chi connectivity index (χ2v) is 4.21. The van der Waals surface area contributed by atoms with E-state index in [4.69, 9.17) is 0 Å². The van der Waals surface area contributed by atoms with Crippen LogP contribution in [0, 0.1) is 10.1 Å². The number of halogens is 1. The Morgan fingerprint density at radius 1 is 1.18 bits per heavy atom. The molecular formula is C11H8BrN3O2. The third-order valence-electron chi connectivity index (χ3n) is 2.08. The second-order valence-electron chi connectivity index (χ2n) is 3.29. The Morgan fingerprint density at radius 2 is 1.88 bits per heavy atom. The second kappa shape index (κ2) is 4.92. The molecule has 5 nitrogen and oxygen atoms in total. The molecule has 1 N–H and O–H groups in total. The highest BCUT2D eigenvalue weighted by Gasteiger charge is 2.04. The Balaban J connectivity index is 2.13. The number of nitro groups is 1. The summed E-state index contributed by atoms with van der Waals surface area (Å²) in [5.41, 5.74) is 0.848. The van der Waals surface area contributed by atoms with Gasteiger partial charge in [0.15, 0.2) is 0 Å². The van der Waals surface area contributed by atoms with Crippen LogP contribution in [-0.2, 0) is 0 Å². The zero-order valence-electron chi connectivity index (χ0n) is 8.63. The van der Waals surface area contributed by atoms with Gasteiger partial charge in [-0.25, -0.2) is 4.98 Å². The summed E-state index contributed by atoms with van der Waals surface area (Å²) in [4.78, 5) is 13.9. The zero-order valence-corrected chi connectivity index (χ0v) is 10.2. The van der Waals surface area contributed by atoms with Crippen molar-refractivity contribution in [3.63, 3.8) is 0 Å². The number of anilines is 2. The molecule has 0 saturated heterocycles. The van der Waals surface area contributed by atoms with Gasteiger partial charge in [-0.2, -0.15) is 0 Å². The first-order valence-electron chi connectivity index (χ1n) is 4.78. The monoisotopic (exact) mass is 293 g/mol. The maximum atomic E-state index is 10.4. The van der Waals surface area contributed by atoms with Crippen molar-refractivity contribution in [2.45, 2.75) is 0 Å². The number of aromatic nitrogens is 1. The van der Waals surface area contributed by atoms with E-state index in [-0.39, 0.29) is 5.69 Å². The van der Waals surface area contributed by atoms with Crippen molar-refractivity contribution in [3.8, 4) is 0 Å². The number of hydrogen-bond acceptors (Lipinski definition) is 4. The van der Waals surface area contributed by atoms with Crippen LogP contribution in [0.5, 0.6) is 0 Å². The summed E-state index contributed by atoms with van der Waals surface area (Å²) in [5.74, 6) is 0.568. The molecular weight excluding hydrogens is 286 g/mol. The van der Waals surface area contributed by atoms with Crippen molar-refractivity contribution in [2.24, 2.45) is 0 Å². The molecule has 1 aromatic heterocycles. The number of hydrogen-bond donors (Lipinski definition) is 1. The summed E-state index contributed by atoms with van der Waals surface area (Å²) < 4.78 is 0.986. The number of rotatable bonds is 3. The first kappa shape index (κ1) is 11.5. The molecule has 1 aromatic carbocycles. The van der Waals surface area contributed by atoms with Gasteiger partial charge in [-0.05, 0) is 30.3 Å². The summed E-state index contributed by atoms with van der Waals surface area (Å²) in [6.45, 7) is 0. The predicted octanol–water partition coefficient (Wildman–Crippen LogP) is 3.50. The molecule has 0 fully saturated rings. The summed E-state index contributed by atoms with van der Waals surface area (Å²) in [6.07, 6.45) is 1.22. The van der Waals surface area contributed by atoms with Crippen LogP contribution in [0.4, 0.5) is 17.2 Å². The molecule has 0 aliphatic rings. The number of nitrogens with zero attached hydrogens (tertiary/aromatic N) is 2. The highest BCUT2D eigenvalue weighted by molar-refractivity contribution is 9.10. The molecule has 0 saturated carbocycles. The molecule has 0 bridgehead atoms. The van der Waals surface area contributed by atoms with E-state index in [1.165, 1.54) is 12.3 Å². The fourth-order valence-electron chi connectivity index (χ4n) is 1.25. The van der Waals surface area contributed by atoms with E-state index in [9.17, 15) is 10.1 Å². The van der Waals surface area contributed by atoms with Gasteiger partial charge in [0.25, 0.3) is 5.69 Å². The molecule has 0 radical (unpaired) electrons. The first-order chi connectivity index (χ1) is 8.15. The van der Waals surface area contributed by atoms with Gasteiger partial charge in [-0.1, -0.05) is 15.9 Å². The van der Waals surface area contributed by atoms with Crippen LogP contribution in [0.3, 0.4) is 0 Å². The van der Waals surface area contributed by atoms with Crippen LogP contribution in [0.1, 0.15) is 0 Å². The topological polar surface area (TPSA) is 68.1 Å². The van der Waals surface area contributed by atoms with E-state index in [1.54, 1.807) is 6.07 Å². The lowest BCUT2D eigenvalue weighted by molar-refractivity contribution is -0.385. The molecule has 86 valence electrons. The minimum Gasteiger partial charge on any atom is -0.340 e. The molecule has 0 atom stereocenters. The van der Waals surface area contributed by atoms with Gasteiger partial charge < -0.3 is 5.32 Å². The van der Waals surface area contributed by atoms with Crippen LogP contribution in [0.15, 0.2) is 47.1 Å². The highest BCUT2D eigenvalue weighted by atomic mass is 79.9. The summed E-state index contributed by atoms with van der Waals surface area (Å²) >= 11 is 3.34. The van der Waals surface area contributed by atoms with Gasteiger partial charge in [0.05, 0.1) is 4.92 Å². The van der Waals surface area contributed by atoms with Crippen molar-refractivity contribution >= 4 is 33.1 Å². The molecule has 0 amide bonds. The summed E-state index contributed by atoms with van der Waals surface area (Å²) in [5, 5.41) is 13.5.